The molecule has 0 spiro atoms. The van der Waals surface area contributed by atoms with Crippen LogP contribution in [0.5, 0.6) is 0 Å². The summed E-state index contributed by atoms with van der Waals surface area (Å²) in [4.78, 5) is 11.2. The highest BCUT2D eigenvalue weighted by atomic mass is 16.8. The number of fused-ring (bicyclic) bond motifs is 1. The number of hydrogen-bond donors (Lipinski definition) is 2. The van der Waals surface area contributed by atoms with E-state index in [-0.39, 0.29) is 0 Å². The summed E-state index contributed by atoms with van der Waals surface area (Å²) in [6.45, 7) is 2.74. The smallest absolute Gasteiger partial charge is 0.190 e. The van der Waals surface area contributed by atoms with E-state index < -0.39 is 42.8 Å². The second-order valence-corrected chi connectivity index (χ2v) is 4.14. The number of rotatable bonds is 2. The molecule has 0 amide bonds. The quantitative estimate of drug-likeness (QED) is 0.604. The Balaban J connectivity index is 2.08. The van der Waals surface area contributed by atoms with Gasteiger partial charge in [-0.15, -0.1) is 0 Å². The third-order valence-electron chi connectivity index (χ3n) is 2.49. The van der Waals surface area contributed by atoms with E-state index in [1.807, 2.05) is 0 Å². The molecule has 2 heterocycles. The molecule has 2 rings (SSSR count). The number of carbonyl (C=O) groups is 1. The number of ether oxygens (including phenoxy) is 3. The predicted molar refractivity (Wildman–Crippen MR) is 46.8 cm³/mol. The van der Waals surface area contributed by atoms with Crippen LogP contribution in [0.25, 0.3) is 0 Å². The first-order valence-electron chi connectivity index (χ1n) is 4.77. The third-order valence-corrected chi connectivity index (χ3v) is 2.49. The van der Waals surface area contributed by atoms with Crippen LogP contribution < -0.4 is 0 Å². The van der Waals surface area contributed by atoms with Gasteiger partial charge in [-0.2, -0.15) is 0 Å². The van der Waals surface area contributed by atoms with Gasteiger partial charge in [0.15, 0.2) is 17.9 Å². The Morgan fingerprint density at radius 3 is 2.60 bits per heavy atom. The second-order valence-electron chi connectivity index (χ2n) is 4.14. The molecular weight excluding hydrogens is 204 g/mol. The van der Waals surface area contributed by atoms with E-state index in [9.17, 15) is 9.90 Å². The maximum atomic E-state index is 11.2. The van der Waals surface area contributed by atoms with Crippen LogP contribution in [0.1, 0.15) is 13.8 Å². The van der Waals surface area contributed by atoms with Gasteiger partial charge in [0.25, 0.3) is 0 Å². The molecule has 2 N–H and O–H groups in total. The fraction of sp³-hybridized carbons (Fsp3) is 0.889. The van der Waals surface area contributed by atoms with E-state index in [1.54, 1.807) is 13.8 Å². The molecule has 0 radical (unpaired) electrons. The first-order chi connectivity index (χ1) is 6.94. The van der Waals surface area contributed by atoms with Gasteiger partial charge < -0.3 is 24.4 Å². The van der Waals surface area contributed by atoms with Crippen LogP contribution in [-0.4, -0.2) is 53.0 Å². The molecule has 2 saturated heterocycles. The zero-order valence-electron chi connectivity index (χ0n) is 8.54. The average Bonchev–Trinajstić information content (AvgIpc) is 2.60. The molecule has 4 atom stereocenters. The molecular formula is C9H14O6. The van der Waals surface area contributed by atoms with Gasteiger partial charge in [-0.1, -0.05) is 0 Å². The van der Waals surface area contributed by atoms with Crippen molar-refractivity contribution >= 4 is 5.78 Å². The second kappa shape index (κ2) is 3.50. The van der Waals surface area contributed by atoms with Crippen molar-refractivity contribution in [3.63, 3.8) is 0 Å². The van der Waals surface area contributed by atoms with Gasteiger partial charge in [0, 0.05) is 0 Å². The van der Waals surface area contributed by atoms with Crippen LogP contribution in [-0.2, 0) is 19.0 Å². The highest BCUT2D eigenvalue weighted by Gasteiger charge is 2.55. The number of hydrogen-bond acceptors (Lipinski definition) is 6. The summed E-state index contributed by atoms with van der Waals surface area (Å²) in [7, 11) is 0. The van der Waals surface area contributed by atoms with Crippen molar-refractivity contribution in [3.8, 4) is 0 Å². The lowest BCUT2D eigenvalue weighted by Crippen LogP contribution is -2.39. The lowest BCUT2D eigenvalue weighted by atomic mass is 10.1. The fourth-order valence-electron chi connectivity index (χ4n) is 1.85. The van der Waals surface area contributed by atoms with E-state index >= 15 is 0 Å². The summed E-state index contributed by atoms with van der Waals surface area (Å²) >= 11 is 0. The van der Waals surface area contributed by atoms with Crippen molar-refractivity contribution in [2.24, 2.45) is 0 Å². The van der Waals surface area contributed by atoms with Gasteiger partial charge >= 0.3 is 0 Å². The number of aliphatic hydroxyl groups excluding tert-OH is 2. The van der Waals surface area contributed by atoms with Crippen LogP contribution in [0.4, 0.5) is 0 Å². The Bertz CT molecular complexity index is 276. The lowest BCUT2D eigenvalue weighted by molar-refractivity contribution is -0.214. The molecule has 0 aliphatic carbocycles. The average molecular weight is 218 g/mol. The summed E-state index contributed by atoms with van der Waals surface area (Å²) in [5.74, 6) is -1.38. The van der Waals surface area contributed by atoms with Crippen LogP contribution in [0.3, 0.4) is 0 Å². The van der Waals surface area contributed by atoms with Gasteiger partial charge in [0.1, 0.15) is 24.9 Å². The highest BCUT2D eigenvalue weighted by Crippen LogP contribution is 2.37. The van der Waals surface area contributed by atoms with Crippen LogP contribution >= 0.6 is 0 Å². The third kappa shape index (κ3) is 1.79. The van der Waals surface area contributed by atoms with Gasteiger partial charge in [-0.25, -0.2) is 0 Å². The normalized spacial score (nSPS) is 42.9. The van der Waals surface area contributed by atoms with E-state index in [0.29, 0.717) is 0 Å². The van der Waals surface area contributed by atoms with Gasteiger partial charge in [-0.3, -0.25) is 4.79 Å². The summed E-state index contributed by atoms with van der Waals surface area (Å²) in [5.41, 5.74) is 0. The zero-order valence-corrected chi connectivity index (χ0v) is 8.54. The molecule has 0 unspecified atom stereocenters. The number of ketones is 1. The monoisotopic (exact) mass is 218 g/mol. The summed E-state index contributed by atoms with van der Waals surface area (Å²) < 4.78 is 15.9. The van der Waals surface area contributed by atoms with Crippen LogP contribution in [0.2, 0.25) is 0 Å². The van der Waals surface area contributed by atoms with Crippen molar-refractivity contribution in [2.45, 2.75) is 44.2 Å². The van der Waals surface area contributed by atoms with Crippen molar-refractivity contribution in [1.29, 1.82) is 0 Å². The minimum atomic E-state index is -1.09. The number of Topliss-reactive ketones (excluding diaryl/α,β-unsaturated/α-hetero) is 1. The van der Waals surface area contributed by atoms with Crippen molar-refractivity contribution in [3.05, 3.63) is 0 Å². The maximum absolute atomic E-state index is 11.2. The molecule has 0 aromatic rings. The van der Waals surface area contributed by atoms with Gasteiger partial charge in [0.2, 0.25) is 0 Å². The minimum absolute atomic E-state index is 0.568. The van der Waals surface area contributed by atoms with Crippen molar-refractivity contribution < 1.29 is 29.2 Å². The van der Waals surface area contributed by atoms with Gasteiger partial charge in [-0.05, 0) is 13.8 Å². The van der Waals surface area contributed by atoms with Crippen LogP contribution in [0.15, 0.2) is 0 Å². The van der Waals surface area contributed by atoms with Crippen molar-refractivity contribution in [2.75, 3.05) is 6.61 Å². The number of carbonyl (C=O) groups excluding carboxylic acids is 1. The standard InChI is InChI=1S/C9H14O6/c1-9(2)14-7-5(12)6(4(11)3-10)13-8(7)15-9/h5-8,10,12H,3H2,1-2H3/t5-,6-,7-,8-/m1/s1. The first-order valence-corrected chi connectivity index (χ1v) is 4.77. The highest BCUT2D eigenvalue weighted by molar-refractivity contribution is 5.85. The van der Waals surface area contributed by atoms with Gasteiger partial charge in [0.05, 0.1) is 0 Å². The Kier molecular flexibility index (Phi) is 2.56. The molecule has 2 aliphatic rings. The zero-order chi connectivity index (χ0) is 11.2. The molecule has 0 bridgehead atoms. The Morgan fingerprint density at radius 2 is 2.07 bits per heavy atom. The molecule has 15 heavy (non-hydrogen) atoms. The van der Waals surface area contributed by atoms with Crippen LogP contribution in [0, 0.1) is 0 Å². The molecule has 6 heteroatoms. The summed E-state index contributed by atoms with van der Waals surface area (Å²) in [5, 5.41) is 18.4. The molecule has 0 aromatic heterocycles. The Hall–Kier alpha value is -0.530. The summed E-state index contributed by atoms with van der Waals surface area (Å²) in [6.07, 6.45) is -3.55. The maximum Gasteiger partial charge on any atom is 0.190 e. The molecule has 2 aliphatic heterocycles. The summed E-state index contributed by atoms with van der Waals surface area (Å²) in [6, 6.07) is 0. The largest absolute Gasteiger partial charge is 0.388 e. The predicted octanol–water partition coefficient (Wildman–Crippen LogP) is -1.21. The lowest BCUT2D eigenvalue weighted by Gasteiger charge is -2.21. The molecule has 6 nitrogen and oxygen atoms in total. The molecule has 2 fully saturated rings. The fourth-order valence-corrected chi connectivity index (χ4v) is 1.85. The molecule has 86 valence electrons. The minimum Gasteiger partial charge on any atom is -0.388 e. The van der Waals surface area contributed by atoms with Crippen molar-refractivity contribution in [1.82, 2.24) is 0 Å². The van der Waals surface area contributed by atoms with E-state index in [0.717, 1.165) is 0 Å². The van der Waals surface area contributed by atoms with E-state index in [1.165, 1.54) is 0 Å². The molecule has 0 saturated carbocycles. The Morgan fingerprint density at radius 1 is 1.40 bits per heavy atom. The SMILES string of the molecule is CC1(C)O[C@H]2O[C@H](C(=O)CO)[C@@H](O)[C@H]2O1. The Labute approximate surface area is 86.7 Å². The van der Waals surface area contributed by atoms with E-state index in [2.05, 4.69) is 0 Å². The topological polar surface area (TPSA) is 85.2 Å². The van der Waals surface area contributed by atoms with E-state index in [4.69, 9.17) is 19.3 Å². The molecule has 0 aromatic carbocycles. The number of aliphatic hydroxyl groups is 2. The first kappa shape index (κ1) is 11.0.